The lowest BCUT2D eigenvalue weighted by Crippen LogP contribution is -2.20. The van der Waals surface area contributed by atoms with Crippen LogP contribution >= 0.6 is 0 Å². The number of nitrogen functional groups attached to an aromatic ring is 1. The lowest BCUT2D eigenvalue weighted by atomic mass is 9.83. The summed E-state index contributed by atoms with van der Waals surface area (Å²) >= 11 is 0. The largest absolute Gasteiger partial charge is 0.493 e. The molecule has 0 atom stereocenters. The van der Waals surface area contributed by atoms with Gasteiger partial charge in [0.15, 0.2) is 0 Å². The summed E-state index contributed by atoms with van der Waals surface area (Å²) in [6.45, 7) is 6.25. The van der Waals surface area contributed by atoms with E-state index in [1.165, 1.54) is 25.7 Å². The summed E-state index contributed by atoms with van der Waals surface area (Å²) in [6.07, 6.45) is 6.44. The highest BCUT2D eigenvalue weighted by molar-refractivity contribution is 5.59. The third-order valence-electron chi connectivity index (χ3n) is 4.13. The van der Waals surface area contributed by atoms with Gasteiger partial charge in [-0.25, -0.2) is 0 Å². The third-order valence-corrected chi connectivity index (χ3v) is 4.13. The van der Waals surface area contributed by atoms with E-state index in [-0.39, 0.29) is 0 Å². The Labute approximate surface area is 122 Å². The van der Waals surface area contributed by atoms with Crippen molar-refractivity contribution in [2.45, 2.75) is 46.0 Å². The molecule has 1 aliphatic rings. The van der Waals surface area contributed by atoms with Crippen molar-refractivity contribution in [3.05, 3.63) is 18.2 Å². The van der Waals surface area contributed by atoms with Crippen LogP contribution in [-0.4, -0.2) is 13.2 Å². The SMILES string of the molecule is CCCOc1cc(N)cc(NCC2CCC(C)CC2)c1. The minimum absolute atomic E-state index is 0.739. The normalized spacial score (nSPS) is 22.5. The standard InChI is InChI=1S/C17H28N2O/c1-3-8-20-17-10-15(18)9-16(11-17)19-12-14-6-4-13(2)5-7-14/h9-11,13-14,19H,3-8,12,18H2,1-2H3. The first-order valence-electron chi connectivity index (χ1n) is 7.94. The number of nitrogens with two attached hydrogens (primary N) is 1. The van der Waals surface area contributed by atoms with Crippen molar-refractivity contribution in [2.75, 3.05) is 24.2 Å². The molecule has 2 rings (SSSR count). The van der Waals surface area contributed by atoms with Gasteiger partial charge in [-0.1, -0.05) is 26.7 Å². The Morgan fingerprint density at radius 1 is 1.20 bits per heavy atom. The van der Waals surface area contributed by atoms with E-state index in [0.717, 1.165) is 48.5 Å². The second-order valence-corrected chi connectivity index (χ2v) is 6.15. The predicted octanol–water partition coefficient (Wildman–Crippen LogP) is 4.30. The molecule has 3 heteroatoms. The van der Waals surface area contributed by atoms with E-state index in [0.29, 0.717) is 0 Å². The Hall–Kier alpha value is -1.38. The van der Waals surface area contributed by atoms with Crippen molar-refractivity contribution >= 4 is 11.4 Å². The van der Waals surface area contributed by atoms with Crippen molar-refractivity contribution in [3.63, 3.8) is 0 Å². The van der Waals surface area contributed by atoms with Crippen LogP contribution in [0.5, 0.6) is 5.75 Å². The van der Waals surface area contributed by atoms with Crippen LogP contribution in [0.2, 0.25) is 0 Å². The van der Waals surface area contributed by atoms with Crippen molar-refractivity contribution in [1.29, 1.82) is 0 Å². The molecule has 0 aromatic heterocycles. The first-order valence-corrected chi connectivity index (χ1v) is 7.94. The monoisotopic (exact) mass is 276 g/mol. The fourth-order valence-corrected chi connectivity index (χ4v) is 2.82. The minimum Gasteiger partial charge on any atom is -0.493 e. The molecule has 20 heavy (non-hydrogen) atoms. The molecule has 3 N–H and O–H groups in total. The van der Waals surface area contributed by atoms with Gasteiger partial charge in [-0.05, 0) is 37.2 Å². The zero-order valence-corrected chi connectivity index (χ0v) is 12.8. The molecule has 3 nitrogen and oxygen atoms in total. The first-order chi connectivity index (χ1) is 9.67. The maximum atomic E-state index is 5.94. The summed E-state index contributed by atoms with van der Waals surface area (Å²) in [5.74, 6) is 2.58. The maximum absolute atomic E-state index is 5.94. The molecule has 1 aliphatic carbocycles. The average molecular weight is 276 g/mol. The van der Waals surface area contributed by atoms with Gasteiger partial charge in [0.1, 0.15) is 5.75 Å². The van der Waals surface area contributed by atoms with Gasteiger partial charge in [-0.2, -0.15) is 0 Å². The average Bonchev–Trinajstić information content (AvgIpc) is 2.44. The zero-order valence-electron chi connectivity index (χ0n) is 12.8. The topological polar surface area (TPSA) is 47.3 Å². The Balaban J connectivity index is 1.87. The number of hydrogen-bond donors (Lipinski definition) is 2. The van der Waals surface area contributed by atoms with E-state index >= 15 is 0 Å². The van der Waals surface area contributed by atoms with E-state index in [2.05, 4.69) is 25.2 Å². The third kappa shape index (κ3) is 4.62. The van der Waals surface area contributed by atoms with Crippen LogP contribution in [0.1, 0.15) is 46.0 Å². The molecule has 0 spiro atoms. The Morgan fingerprint density at radius 3 is 2.65 bits per heavy atom. The van der Waals surface area contributed by atoms with Gasteiger partial charge in [0.05, 0.1) is 6.61 Å². The smallest absolute Gasteiger partial charge is 0.123 e. The number of nitrogens with one attached hydrogen (secondary N) is 1. The van der Waals surface area contributed by atoms with E-state index in [1.807, 2.05) is 12.1 Å². The second kappa shape index (κ2) is 7.41. The number of rotatable bonds is 6. The molecular formula is C17H28N2O. The fraction of sp³-hybridized carbons (Fsp3) is 0.647. The maximum Gasteiger partial charge on any atom is 0.123 e. The minimum atomic E-state index is 0.739. The highest BCUT2D eigenvalue weighted by Gasteiger charge is 2.17. The first kappa shape index (κ1) is 15.0. The quantitative estimate of drug-likeness (QED) is 0.762. The molecule has 112 valence electrons. The summed E-state index contributed by atoms with van der Waals surface area (Å²) in [7, 11) is 0. The van der Waals surface area contributed by atoms with Crippen molar-refractivity contribution in [3.8, 4) is 5.75 Å². The molecule has 0 saturated heterocycles. The zero-order chi connectivity index (χ0) is 14.4. The number of benzene rings is 1. The molecule has 0 aliphatic heterocycles. The summed E-state index contributed by atoms with van der Waals surface area (Å²) in [5.41, 5.74) is 7.78. The van der Waals surface area contributed by atoms with Crippen molar-refractivity contribution in [2.24, 2.45) is 11.8 Å². The molecule has 1 saturated carbocycles. The van der Waals surface area contributed by atoms with Crippen LogP contribution in [0.4, 0.5) is 11.4 Å². The number of hydrogen-bond acceptors (Lipinski definition) is 3. The van der Waals surface area contributed by atoms with Gasteiger partial charge in [-0.3, -0.25) is 0 Å². The molecule has 1 fully saturated rings. The number of ether oxygens (including phenoxy) is 1. The highest BCUT2D eigenvalue weighted by Crippen LogP contribution is 2.29. The Bertz CT molecular complexity index is 411. The van der Waals surface area contributed by atoms with Crippen LogP contribution < -0.4 is 15.8 Å². The summed E-state index contributed by atoms with van der Waals surface area (Å²) in [4.78, 5) is 0. The highest BCUT2D eigenvalue weighted by atomic mass is 16.5. The van der Waals surface area contributed by atoms with Crippen LogP contribution in [0.25, 0.3) is 0 Å². The van der Waals surface area contributed by atoms with Gasteiger partial charge < -0.3 is 15.8 Å². The second-order valence-electron chi connectivity index (χ2n) is 6.15. The number of anilines is 2. The van der Waals surface area contributed by atoms with Gasteiger partial charge in [0.2, 0.25) is 0 Å². The van der Waals surface area contributed by atoms with Gasteiger partial charge in [0.25, 0.3) is 0 Å². The molecule has 0 bridgehead atoms. The molecule has 0 radical (unpaired) electrons. The molecule has 0 amide bonds. The Morgan fingerprint density at radius 2 is 1.95 bits per heavy atom. The van der Waals surface area contributed by atoms with Gasteiger partial charge >= 0.3 is 0 Å². The molecule has 1 aromatic rings. The van der Waals surface area contributed by atoms with E-state index in [1.54, 1.807) is 0 Å². The molecule has 0 heterocycles. The van der Waals surface area contributed by atoms with Crippen molar-refractivity contribution < 1.29 is 4.74 Å². The summed E-state index contributed by atoms with van der Waals surface area (Å²) < 4.78 is 5.66. The molecule has 1 aromatic carbocycles. The van der Waals surface area contributed by atoms with Crippen LogP contribution in [0, 0.1) is 11.8 Å². The lowest BCUT2D eigenvalue weighted by Gasteiger charge is -2.26. The fourth-order valence-electron chi connectivity index (χ4n) is 2.82. The summed E-state index contributed by atoms with van der Waals surface area (Å²) in [6, 6.07) is 5.94. The molecular weight excluding hydrogens is 248 g/mol. The van der Waals surface area contributed by atoms with E-state index in [9.17, 15) is 0 Å². The van der Waals surface area contributed by atoms with Crippen LogP contribution in [0.3, 0.4) is 0 Å². The van der Waals surface area contributed by atoms with Crippen LogP contribution in [0.15, 0.2) is 18.2 Å². The van der Waals surface area contributed by atoms with Gasteiger partial charge in [0, 0.05) is 30.1 Å². The lowest BCUT2D eigenvalue weighted by molar-refractivity contribution is 0.300. The van der Waals surface area contributed by atoms with E-state index < -0.39 is 0 Å². The predicted molar refractivity (Wildman–Crippen MR) is 86.3 cm³/mol. The van der Waals surface area contributed by atoms with Gasteiger partial charge in [-0.15, -0.1) is 0 Å². The van der Waals surface area contributed by atoms with E-state index in [4.69, 9.17) is 10.5 Å². The molecule has 0 unspecified atom stereocenters. The van der Waals surface area contributed by atoms with Crippen LogP contribution in [-0.2, 0) is 0 Å². The van der Waals surface area contributed by atoms with Crippen molar-refractivity contribution in [1.82, 2.24) is 0 Å². The summed E-state index contributed by atoms with van der Waals surface area (Å²) in [5, 5.41) is 3.53. The Kier molecular flexibility index (Phi) is 5.57.